The predicted molar refractivity (Wildman–Crippen MR) is 151 cm³/mol. The molecule has 3 aromatic rings. The van der Waals surface area contributed by atoms with E-state index in [0.29, 0.717) is 6.54 Å². The lowest BCUT2D eigenvalue weighted by Crippen LogP contribution is -2.46. The number of benzene rings is 1. The van der Waals surface area contributed by atoms with Crippen molar-refractivity contribution in [2.45, 2.75) is 24.4 Å². The van der Waals surface area contributed by atoms with Gasteiger partial charge in [0.05, 0.1) is 21.8 Å². The van der Waals surface area contributed by atoms with Crippen molar-refractivity contribution in [3.05, 3.63) is 70.9 Å². The van der Waals surface area contributed by atoms with Crippen LogP contribution in [0.1, 0.15) is 24.1 Å². The predicted octanol–water partition coefficient (Wildman–Crippen LogP) is 4.76. The molecule has 190 valence electrons. The Balaban J connectivity index is 0.00000144. The maximum Gasteiger partial charge on any atom is 0.258 e. The molecule has 1 amide bonds. The number of pyridine rings is 1. The highest BCUT2D eigenvalue weighted by molar-refractivity contribution is 8.04. The number of thioether (sulfide) groups is 1. The lowest BCUT2D eigenvalue weighted by atomic mass is 10.2. The van der Waals surface area contributed by atoms with Gasteiger partial charge in [-0.15, -0.1) is 37.2 Å². The minimum absolute atomic E-state index is 0. The molecule has 0 unspecified atom stereocenters. The average molecular weight is 557 g/mol. The van der Waals surface area contributed by atoms with Gasteiger partial charge in [-0.2, -0.15) is 0 Å². The number of rotatable bonds is 8. The van der Waals surface area contributed by atoms with E-state index in [9.17, 15) is 4.79 Å². The van der Waals surface area contributed by atoms with Gasteiger partial charge in [0.25, 0.3) is 5.91 Å². The molecule has 0 atom stereocenters. The Hall–Kier alpha value is -1.74. The maximum absolute atomic E-state index is 12.7. The number of unbranched alkanes of at least 4 members (excludes halogenated alkanes) is 1. The van der Waals surface area contributed by atoms with E-state index in [2.05, 4.69) is 54.8 Å². The zero-order valence-electron chi connectivity index (χ0n) is 19.5. The topological polar surface area (TPSA) is 52.9 Å². The van der Waals surface area contributed by atoms with Gasteiger partial charge in [0.15, 0.2) is 0 Å². The number of carbonyl (C=O) groups excluding carboxylic acids is 1. The van der Waals surface area contributed by atoms with Gasteiger partial charge in [0, 0.05) is 39.3 Å². The van der Waals surface area contributed by atoms with E-state index in [-0.39, 0.29) is 43.1 Å². The van der Waals surface area contributed by atoms with E-state index in [1.807, 2.05) is 30.5 Å². The zero-order valence-corrected chi connectivity index (χ0v) is 22.7. The molecular formula is C25H32Cl3N5OS. The SMILES string of the molecule is Cl.Cl.Cl.O=C(NCCCCN1CCN(Cc2ccccc2)CC1)C1=Cc2cnc3cccc(n23)S1. The minimum Gasteiger partial charge on any atom is -0.352 e. The van der Waals surface area contributed by atoms with Crippen LogP contribution in [0, 0.1) is 0 Å². The molecule has 5 rings (SSSR count). The third kappa shape index (κ3) is 7.38. The van der Waals surface area contributed by atoms with E-state index in [1.165, 1.54) is 17.3 Å². The molecule has 35 heavy (non-hydrogen) atoms. The van der Waals surface area contributed by atoms with Crippen molar-refractivity contribution in [1.82, 2.24) is 24.5 Å². The third-order valence-corrected chi connectivity index (χ3v) is 7.19. The summed E-state index contributed by atoms with van der Waals surface area (Å²) in [4.78, 5) is 22.9. The quantitative estimate of drug-likeness (QED) is 0.406. The molecule has 0 spiro atoms. The first-order valence-electron chi connectivity index (χ1n) is 11.4. The van der Waals surface area contributed by atoms with Gasteiger partial charge in [0.1, 0.15) is 5.65 Å². The van der Waals surface area contributed by atoms with Crippen molar-refractivity contribution in [2.75, 3.05) is 39.3 Å². The van der Waals surface area contributed by atoms with Gasteiger partial charge in [-0.3, -0.25) is 14.1 Å². The largest absolute Gasteiger partial charge is 0.352 e. The Morgan fingerprint density at radius 3 is 2.43 bits per heavy atom. The van der Waals surface area contributed by atoms with E-state index >= 15 is 0 Å². The number of hydrogen-bond acceptors (Lipinski definition) is 5. The number of nitrogens with zero attached hydrogens (tertiary/aromatic N) is 4. The van der Waals surface area contributed by atoms with Crippen LogP contribution in [0.2, 0.25) is 0 Å². The van der Waals surface area contributed by atoms with Crippen LogP contribution in [0.25, 0.3) is 11.7 Å². The second-order valence-electron chi connectivity index (χ2n) is 8.42. The Kier molecular flexibility index (Phi) is 11.9. The van der Waals surface area contributed by atoms with Crippen molar-refractivity contribution in [3.63, 3.8) is 0 Å². The normalized spacial score (nSPS) is 15.4. The summed E-state index contributed by atoms with van der Waals surface area (Å²) in [5.74, 6) is 0.00831. The van der Waals surface area contributed by atoms with E-state index in [0.717, 1.165) is 73.4 Å². The zero-order chi connectivity index (χ0) is 21.8. The number of aromatic nitrogens is 2. The van der Waals surface area contributed by atoms with Gasteiger partial charge in [-0.1, -0.05) is 48.2 Å². The standard InChI is InChI=1S/C25H29N5OS.3ClH/c31-25(22-17-21-18-27-23-9-6-10-24(32-22)30(21)23)26-11-4-5-12-28-13-15-29(16-14-28)19-20-7-2-1-3-8-20;;;/h1-3,6-10,17-18H,4-5,11-16,19H2,(H,26,31);3*1H. The Bertz CT molecular complexity index is 1120. The molecule has 0 aliphatic carbocycles. The van der Waals surface area contributed by atoms with Crippen LogP contribution in [0.5, 0.6) is 0 Å². The Morgan fingerprint density at radius 1 is 0.914 bits per heavy atom. The van der Waals surface area contributed by atoms with Gasteiger partial charge >= 0.3 is 0 Å². The number of imidazole rings is 1. The molecule has 0 bridgehead atoms. The van der Waals surface area contributed by atoms with Crippen molar-refractivity contribution in [2.24, 2.45) is 0 Å². The second kappa shape index (κ2) is 14.1. The first-order valence-corrected chi connectivity index (χ1v) is 12.2. The molecule has 1 saturated heterocycles. The van der Waals surface area contributed by atoms with Crippen LogP contribution < -0.4 is 5.32 Å². The number of halogens is 3. The van der Waals surface area contributed by atoms with Gasteiger partial charge in [0.2, 0.25) is 0 Å². The highest BCUT2D eigenvalue weighted by Crippen LogP contribution is 2.34. The molecule has 0 radical (unpaired) electrons. The van der Waals surface area contributed by atoms with Crippen LogP contribution in [0.3, 0.4) is 0 Å². The fourth-order valence-electron chi connectivity index (χ4n) is 4.36. The van der Waals surface area contributed by atoms with Crippen LogP contribution in [0.15, 0.2) is 64.7 Å². The number of carbonyl (C=O) groups is 1. The number of hydrogen-bond donors (Lipinski definition) is 1. The molecule has 2 aliphatic rings. The number of nitrogens with one attached hydrogen (secondary N) is 1. The molecule has 1 fully saturated rings. The Labute approximate surface area is 229 Å². The minimum atomic E-state index is 0. The summed E-state index contributed by atoms with van der Waals surface area (Å²) < 4.78 is 2.08. The molecule has 2 aliphatic heterocycles. The summed E-state index contributed by atoms with van der Waals surface area (Å²) in [7, 11) is 0. The molecule has 10 heteroatoms. The molecule has 2 aromatic heterocycles. The third-order valence-electron chi connectivity index (χ3n) is 6.14. The lowest BCUT2D eigenvalue weighted by Gasteiger charge is -2.34. The average Bonchev–Trinajstić information content (AvgIpc) is 3.25. The van der Waals surface area contributed by atoms with Crippen molar-refractivity contribution in [1.29, 1.82) is 0 Å². The number of piperazine rings is 1. The van der Waals surface area contributed by atoms with E-state index in [1.54, 1.807) is 0 Å². The maximum atomic E-state index is 12.7. The lowest BCUT2D eigenvalue weighted by molar-refractivity contribution is -0.116. The molecular weight excluding hydrogens is 525 g/mol. The summed E-state index contributed by atoms with van der Waals surface area (Å²) in [6, 6.07) is 16.7. The summed E-state index contributed by atoms with van der Waals surface area (Å²) >= 11 is 1.51. The van der Waals surface area contributed by atoms with Crippen LogP contribution in [-0.4, -0.2) is 64.4 Å². The van der Waals surface area contributed by atoms with Crippen molar-refractivity contribution >= 4 is 66.6 Å². The summed E-state index contributed by atoms with van der Waals surface area (Å²) in [5, 5.41) is 4.13. The van der Waals surface area contributed by atoms with Gasteiger partial charge in [-0.05, 0) is 43.2 Å². The van der Waals surface area contributed by atoms with Crippen molar-refractivity contribution < 1.29 is 4.79 Å². The smallest absolute Gasteiger partial charge is 0.258 e. The highest BCUT2D eigenvalue weighted by Gasteiger charge is 2.20. The molecule has 6 nitrogen and oxygen atoms in total. The highest BCUT2D eigenvalue weighted by atomic mass is 35.5. The van der Waals surface area contributed by atoms with Crippen LogP contribution >= 0.6 is 49.0 Å². The monoisotopic (exact) mass is 555 g/mol. The fourth-order valence-corrected chi connectivity index (χ4v) is 5.37. The summed E-state index contributed by atoms with van der Waals surface area (Å²) in [6.45, 7) is 7.37. The van der Waals surface area contributed by atoms with Crippen LogP contribution in [0.4, 0.5) is 0 Å². The Morgan fingerprint density at radius 2 is 1.66 bits per heavy atom. The molecule has 1 N–H and O–H groups in total. The van der Waals surface area contributed by atoms with E-state index in [4.69, 9.17) is 0 Å². The van der Waals surface area contributed by atoms with Crippen LogP contribution in [-0.2, 0) is 11.3 Å². The number of amides is 1. The second-order valence-corrected chi connectivity index (χ2v) is 9.48. The molecule has 4 heterocycles. The first kappa shape index (κ1) is 29.5. The molecule has 0 saturated carbocycles. The fraction of sp³-hybridized carbons (Fsp3) is 0.360. The summed E-state index contributed by atoms with van der Waals surface area (Å²) in [5.41, 5.74) is 3.27. The first-order chi connectivity index (χ1) is 15.8. The van der Waals surface area contributed by atoms with Gasteiger partial charge in [-0.25, -0.2) is 4.98 Å². The summed E-state index contributed by atoms with van der Waals surface area (Å²) in [6.07, 6.45) is 5.87. The van der Waals surface area contributed by atoms with E-state index < -0.39 is 0 Å². The molecule has 1 aromatic carbocycles. The van der Waals surface area contributed by atoms with Crippen molar-refractivity contribution in [3.8, 4) is 0 Å². The van der Waals surface area contributed by atoms with Gasteiger partial charge < -0.3 is 10.2 Å².